The monoisotopic (exact) mass is 278 g/mol. The summed E-state index contributed by atoms with van der Waals surface area (Å²) >= 11 is 5.86. The summed E-state index contributed by atoms with van der Waals surface area (Å²) in [4.78, 5) is 0. The molecular formula is C15H15ClO3. The Balaban J connectivity index is 1.99. The second kappa shape index (κ2) is 6.45. The highest BCUT2D eigenvalue weighted by atomic mass is 35.5. The van der Waals surface area contributed by atoms with E-state index in [-0.39, 0.29) is 6.61 Å². The smallest absolute Gasteiger partial charge is 0.120 e. The zero-order chi connectivity index (χ0) is 13.7. The van der Waals surface area contributed by atoms with Crippen LogP contribution >= 0.6 is 11.6 Å². The first kappa shape index (κ1) is 13.7. The van der Waals surface area contributed by atoms with Crippen LogP contribution in [0, 0.1) is 0 Å². The van der Waals surface area contributed by atoms with Crippen LogP contribution in [0.15, 0.2) is 48.5 Å². The molecule has 1 atom stereocenters. The van der Waals surface area contributed by atoms with E-state index in [2.05, 4.69) is 0 Å². The number of hydrogen-bond donors (Lipinski definition) is 1. The average molecular weight is 279 g/mol. The Morgan fingerprint density at radius 3 is 2.58 bits per heavy atom. The Morgan fingerprint density at radius 1 is 1.11 bits per heavy atom. The quantitative estimate of drug-likeness (QED) is 0.910. The molecule has 0 aliphatic rings. The van der Waals surface area contributed by atoms with Crippen molar-refractivity contribution in [3.05, 3.63) is 59.1 Å². The van der Waals surface area contributed by atoms with Crippen molar-refractivity contribution in [2.45, 2.75) is 6.10 Å². The molecule has 2 aromatic carbocycles. The Hall–Kier alpha value is -1.71. The number of ether oxygens (including phenoxy) is 2. The summed E-state index contributed by atoms with van der Waals surface area (Å²) in [5.41, 5.74) is 0.751. The highest BCUT2D eigenvalue weighted by Crippen LogP contribution is 2.22. The molecule has 0 fully saturated rings. The highest BCUT2D eigenvalue weighted by Gasteiger charge is 2.09. The van der Waals surface area contributed by atoms with Gasteiger partial charge in [0, 0.05) is 5.02 Å². The van der Waals surface area contributed by atoms with Gasteiger partial charge in [-0.25, -0.2) is 0 Å². The summed E-state index contributed by atoms with van der Waals surface area (Å²) < 4.78 is 10.6. The largest absolute Gasteiger partial charge is 0.497 e. The third-order valence-corrected chi connectivity index (χ3v) is 2.92. The molecule has 0 aliphatic carbocycles. The van der Waals surface area contributed by atoms with Crippen molar-refractivity contribution >= 4 is 11.6 Å². The maximum atomic E-state index is 10.1. The van der Waals surface area contributed by atoms with Crippen LogP contribution in [-0.4, -0.2) is 18.8 Å². The molecule has 0 aliphatic heterocycles. The van der Waals surface area contributed by atoms with Gasteiger partial charge >= 0.3 is 0 Å². The fourth-order valence-electron chi connectivity index (χ4n) is 1.68. The molecule has 0 bridgehead atoms. The molecule has 0 heterocycles. The molecule has 0 amide bonds. The van der Waals surface area contributed by atoms with Crippen molar-refractivity contribution < 1.29 is 14.6 Å². The normalized spacial score (nSPS) is 11.9. The van der Waals surface area contributed by atoms with E-state index in [1.54, 1.807) is 37.4 Å². The molecular weight excluding hydrogens is 264 g/mol. The van der Waals surface area contributed by atoms with Gasteiger partial charge in [0.1, 0.15) is 24.2 Å². The molecule has 2 aromatic rings. The molecule has 0 saturated carbocycles. The average Bonchev–Trinajstić information content (AvgIpc) is 2.45. The maximum Gasteiger partial charge on any atom is 0.120 e. The summed E-state index contributed by atoms with van der Waals surface area (Å²) in [6.45, 7) is 0.160. The van der Waals surface area contributed by atoms with Crippen LogP contribution in [-0.2, 0) is 0 Å². The number of aliphatic hydroxyl groups excluding tert-OH is 1. The second-order valence-electron chi connectivity index (χ2n) is 4.06. The van der Waals surface area contributed by atoms with Gasteiger partial charge in [0.05, 0.1) is 7.11 Å². The third kappa shape index (κ3) is 3.88. The minimum Gasteiger partial charge on any atom is -0.497 e. The van der Waals surface area contributed by atoms with Crippen LogP contribution in [0.5, 0.6) is 11.5 Å². The van der Waals surface area contributed by atoms with Crippen molar-refractivity contribution in [1.82, 2.24) is 0 Å². The van der Waals surface area contributed by atoms with E-state index in [1.165, 1.54) is 0 Å². The molecule has 0 radical (unpaired) electrons. The lowest BCUT2D eigenvalue weighted by Gasteiger charge is -2.13. The highest BCUT2D eigenvalue weighted by molar-refractivity contribution is 6.30. The number of hydrogen-bond acceptors (Lipinski definition) is 3. The first-order valence-electron chi connectivity index (χ1n) is 5.89. The van der Waals surface area contributed by atoms with Gasteiger partial charge in [-0.15, -0.1) is 0 Å². The minimum absolute atomic E-state index is 0.160. The van der Waals surface area contributed by atoms with Crippen molar-refractivity contribution in [3.8, 4) is 11.5 Å². The van der Waals surface area contributed by atoms with E-state index in [0.29, 0.717) is 16.5 Å². The summed E-state index contributed by atoms with van der Waals surface area (Å²) in [6, 6.07) is 14.3. The zero-order valence-corrected chi connectivity index (χ0v) is 11.3. The van der Waals surface area contributed by atoms with Crippen molar-refractivity contribution in [2.75, 3.05) is 13.7 Å². The lowest BCUT2D eigenvalue weighted by Crippen LogP contribution is -2.09. The van der Waals surface area contributed by atoms with Crippen LogP contribution in [0.4, 0.5) is 0 Å². The van der Waals surface area contributed by atoms with Gasteiger partial charge in [-0.3, -0.25) is 0 Å². The van der Waals surface area contributed by atoms with Crippen LogP contribution in [0.3, 0.4) is 0 Å². The van der Waals surface area contributed by atoms with Crippen LogP contribution < -0.4 is 9.47 Å². The molecule has 4 heteroatoms. The molecule has 19 heavy (non-hydrogen) atoms. The van der Waals surface area contributed by atoms with E-state index in [1.807, 2.05) is 18.2 Å². The van der Waals surface area contributed by atoms with Crippen LogP contribution in [0.1, 0.15) is 11.7 Å². The predicted molar refractivity (Wildman–Crippen MR) is 74.9 cm³/mol. The topological polar surface area (TPSA) is 38.7 Å². The Kier molecular flexibility index (Phi) is 4.66. The van der Waals surface area contributed by atoms with E-state index in [4.69, 9.17) is 21.1 Å². The number of benzene rings is 2. The molecule has 100 valence electrons. The number of halogens is 1. The van der Waals surface area contributed by atoms with E-state index < -0.39 is 6.10 Å². The van der Waals surface area contributed by atoms with E-state index in [0.717, 1.165) is 5.56 Å². The SMILES string of the molecule is COc1cccc(C(O)COc2cccc(Cl)c2)c1. The van der Waals surface area contributed by atoms with Gasteiger partial charge < -0.3 is 14.6 Å². The lowest BCUT2D eigenvalue weighted by atomic mass is 10.1. The number of rotatable bonds is 5. The van der Waals surface area contributed by atoms with Crippen molar-refractivity contribution in [1.29, 1.82) is 0 Å². The molecule has 0 spiro atoms. The van der Waals surface area contributed by atoms with Crippen molar-refractivity contribution in [2.24, 2.45) is 0 Å². The van der Waals surface area contributed by atoms with Crippen LogP contribution in [0.2, 0.25) is 5.02 Å². The fourth-order valence-corrected chi connectivity index (χ4v) is 1.86. The van der Waals surface area contributed by atoms with E-state index in [9.17, 15) is 5.11 Å². The van der Waals surface area contributed by atoms with Gasteiger partial charge in [0.25, 0.3) is 0 Å². The number of aliphatic hydroxyl groups is 1. The fraction of sp³-hybridized carbons (Fsp3) is 0.200. The Labute approximate surface area is 117 Å². The van der Waals surface area contributed by atoms with E-state index >= 15 is 0 Å². The third-order valence-electron chi connectivity index (χ3n) is 2.68. The summed E-state index contributed by atoms with van der Waals surface area (Å²) in [5.74, 6) is 1.34. The van der Waals surface area contributed by atoms with Crippen molar-refractivity contribution in [3.63, 3.8) is 0 Å². The standard InChI is InChI=1S/C15H15ClO3/c1-18-13-6-2-4-11(8-13)15(17)10-19-14-7-3-5-12(16)9-14/h2-9,15,17H,10H2,1H3. The maximum absolute atomic E-state index is 10.1. The van der Waals surface area contributed by atoms with Gasteiger partial charge in [-0.05, 0) is 35.9 Å². The minimum atomic E-state index is -0.714. The second-order valence-corrected chi connectivity index (χ2v) is 4.50. The van der Waals surface area contributed by atoms with Gasteiger partial charge in [0.15, 0.2) is 0 Å². The molecule has 3 nitrogen and oxygen atoms in total. The Morgan fingerprint density at radius 2 is 1.84 bits per heavy atom. The molecule has 1 unspecified atom stereocenters. The summed E-state index contributed by atoms with van der Waals surface area (Å²) in [7, 11) is 1.59. The number of methoxy groups -OCH3 is 1. The summed E-state index contributed by atoms with van der Waals surface area (Å²) in [6.07, 6.45) is -0.714. The van der Waals surface area contributed by atoms with Gasteiger partial charge in [0.2, 0.25) is 0 Å². The molecule has 0 aromatic heterocycles. The van der Waals surface area contributed by atoms with Gasteiger partial charge in [-0.2, -0.15) is 0 Å². The van der Waals surface area contributed by atoms with Gasteiger partial charge in [-0.1, -0.05) is 29.8 Å². The predicted octanol–water partition coefficient (Wildman–Crippen LogP) is 3.46. The zero-order valence-electron chi connectivity index (χ0n) is 10.5. The first-order chi connectivity index (χ1) is 9.19. The molecule has 2 rings (SSSR count). The Bertz CT molecular complexity index is 542. The molecule has 0 saturated heterocycles. The first-order valence-corrected chi connectivity index (χ1v) is 6.27. The lowest BCUT2D eigenvalue weighted by molar-refractivity contribution is 0.108. The van der Waals surface area contributed by atoms with Crippen LogP contribution in [0.25, 0.3) is 0 Å². The molecule has 1 N–H and O–H groups in total. The summed E-state index contributed by atoms with van der Waals surface area (Å²) in [5, 5.41) is 10.7.